The fourth-order valence-electron chi connectivity index (χ4n) is 2.40. The van der Waals surface area contributed by atoms with E-state index in [0.717, 1.165) is 12.0 Å². The number of carbonyl (C=O) groups excluding carboxylic acids is 2. The van der Waals surface area contributed by atoms with E-state index < -0.39 is 5.97 Å². The first-order valence-corrected chi connectivity index (χ1v) is 8.50. The first-order chi connectivity index (χ1) is 12.5. The smallest absolute Gasteiger partial charge is 0.303 e. The van der Waals surface area contributed by atoms with Crippen LogP contribution in [0, 0.1) is 0 Å². The lowest BCUT2D eigenvalue weighted by molar-refractivity contribution is -0.136. The molecule has 0 saturated carbocycles. The van der Waals surface area contributed by atoms with Crippen LogP contribution in [-0.4, -0.2) is 29.4 Å². The molecule has 0 fully saturated rings. The molecule has 0 aliphatic rings. The van der Waals surface area contributed by atoms with E-state index in [9.17, 15) is 14.4 Å². The highest BCUT2D eigenvalue weighted by Gasteiger charge is 2.11. The Bertz CT molecular complexity index is 802. The van der Waals surface area contributed by atoms with Crippen molar-refractivity contribution in [3.63, 3.8) is 0 Å². The number of carboxylic acid groups (broad SMARTS) is 1. The van der Waals surface area contributed by atoms with Crippen LogP contribution in [0.2, 0.25) is 0 Å². The summed E-state index contributed by atoms with van der Waals surface area (Å²) < 4.78 is 0. The minimum Gasteiger partial charge on any atom is -0.481 e. The van der Waals surface area contributed by atoms with E-state index in [-0.39, 0.29) is 18.2 Å². The topological polar surface area (TPSA) is 95.5 Å². The van der Waals surface area contributed by atoms with Gasteiger partial charge in [-0.15, -0.1) is 0 Å². The molecule has 0 bridgehead atoms. The Morgan fingerprint density at radius 2 is 1.65 bits per heavy atom. The van der Waals surface area contributed by atoms with Gasteiger partial charge in [-0.2, -0.15) is 0 Å². The highest BCUT2D eigenvalue weighted by molar-refractivity contribution is 6.06. The van der Waals surface area contributed by atoms with Crippen LogP contribution in [0.3, 0.4) is 0 Å². The van der Waals surface area contributed by atoms with Crippen LogP contribution >= 0.6 is 0 Å². The molecule has 0 heterocycles. The van der Waals surface area contributed by atoms with Crippen molar-refractivity contribution in [2.24, 2.45) is 0 Å². The van der Waals surface area contributed by atoms with Gasteiger partial charge in [0, 0.05) is 29.8 Å². The summed E-state index contributed by atoms with van der Waals surface area (Å²) in [5, 5.41) is 14.3. The second-order valence-electron chi connectivity index (χ2n) is 5.88. The van der Waals surface area contributed by atoms with Crippen molar-refractivity contribution < 1.29 is 19.5 Å². The van der Waals surface area contributed by atoms with Gasteiger partial charge in [0.15, 0.2) is 0 Å². The Hall–Kier alpha value is -3.15. The Labute approximate surface area is 152 Å². The van der Waals surface area contributed by atoms with E-state index in [2.05, 4.69) is 10.6 Å². The molecule has 0 aromatic heterocycles. The third-order valence-electron chi connectivity index (χ3n) is 3.73. The van der Waals surface area contributed by atoms with E-state index in [1.165, 1.54) is 0 Å². The van der Waals surface area contributed by atoms with Gasteiger partial charge in [-0.1, -0.05) is 25.1 Å². The van der Waals surface area contributed by atoms with Crippen molar-refractivity contribution in [3.05, 3.63) is 65.2 Å². The molecule has 2 amide bonds. The summed E-state index contributed by atoms with van der Waals surface area (Å²) >= 11 is 0. The number of carbonyl (C=O) groups is 3. The number of carboxylic acids is 1. The van der Waals surface area contributed by atoms with Crippen molar-refractivity contribution >= 4 is 23.5 Å². The molecular weight excluding hydrogens is 332 g/mol. The minimum absolute atomic E-state index is 0.0340. The summed E-state index contributed by atoms with van der Waals surface area (Å²) in [6.07, 6.45) is 1.27. The molecule has 3 N–H and O–H groups in total. The molecular formula is C20H22N2O4. The summed E-state index contributed by atoms with van der Waals surface area (Å²) in [6, 6.07) is 13.6. The molecule has 0 radical (unpaired) electrons. The average molecular weight is 354 g/mol. The predicted octanol–water partition coefficient (Wildman–Crippen LogP) is 3.10. The Kier molecular flexibility index (Phi) is 6.91. The summed E-state index contributed by atoms with van der Waals surface area (Å²) in [6.45, 7) is 2.55. The molecule has 0 aliphatic heterocycles. The molecule has 6 heteroatoms. The maximum atomic E-state index is 12.4. The Morgan fingerprint density at radius 3 is 2.35 bits per heavy atom. The molecule has 0 saturated heterocycles. The van der Waals surface area contributed by atoms with Gasteiger partial charge in [0.2, 0.25) is 0 Å². The Morgan fingerprint density at radius 1 is 0.962 bits per heavy atom. The van der Waals surface area contributed by atoms with Crippen molar-refractivity contribution in [1.29, 1.82) is 0 Å². The minimum atomic E-state index is -0.863. The number of rotatable bonds is 8. The molecule has 0 aliphatic carbocycles. The largest absolute Gasteiger partial charge is 0.481 e. The van der Waals surface area contributed by atoms with Gasteiger partial charge in [-0.25, -0.2) is 0 Å². The maximum absolute atomic E-state index is 12.4. The summed E-state index contributed by atoms with van der Waals surface area (Å²) in [7, 11) is 0. The number of hydrogen-bond donors (Lipinski definition) is 3. The van der Waals surface area contributed by atoms with Gasteiger partial charge in [-0.05, 0) is 48.7 Å². The molecule has 26 heavy (non-hydrogen) atoms. The maximum Gasteiger partial charge on any atom is 0.303 e. The van der Waals surface area contributed by atoms with E-state index in [0.29, 0.717) is 29.8 Å². The first kappa shape index (κ1) is 19.2. The molecule has 2 aromatic rings. The van der Waals surface area contributed by atoms with Crippen molar-refractivity contribution in [3.8, 4) is 0 Å². The second-order valence-corrected chi connectivity index (χ2v) is 5.88. The number of anilines is 1. The number of hydrogen-bond acceptors (Lipinski definition) is 3. The highest BCUT2D eigenvalue weighted by atomic mass is 16.4. The highest BCUT2D eigenvalue weighted by Crippen LogP contribution is 2.14. The molecule has 2 aromatic carbocycles. The monoisotopic (exact) mass is 354 g/mol. The van der Waals surface area contributed by atoms with Crippen LogP contribution in [0.1, 0.15) is 46.0 Å². The molecule has 2 rings (SSSR count). The number of benzene rings is 2. The van der Waals surface area contributed by atoms with Gasteiger partial charge < -0.3 is 15.7 Å². The second kappa shape index (κ2) is 9.36. The van der Waals surface area contributed by atoms with Crippen LogP contribution in [0.25, 0.3) is 0 Å². The van der Waals surface area contributed by atoms with E-state index in [1.807, 2.05) is 13.0 Å². The average Bonchev–Trinajstić information content (AvgIpc) is 2.64. The van der Waals surface area contributed by atoms with Crippen molar-refractivity contribution in [2.45, 2.75) is 26.2 Å². The van der Waals surface area contributed by atoms with E-state index in [1.54, 1.807) is 42.5 Å². The SMILES string of the molecule is CCCNC(=O)c1cccc(C(=O)Nc2cccc(CCC(=O)O)c2)c1. The fourth-order valence-corrected chi connectivity index (χ4v) is 2.40. The van der Waals surface area contributed by atoms with Crippen LogP contribution in [0.15, 0.2) is 48.5 Å². The molecule has 136 valence electrons. The van der Waals surface area contributed by atoms with Crippen molar-refractivity contribution in [1.82, 2.24) is 5.32 Å². The van der Waals surface area contributed by atoms with Gasteiger partial charge in [0.05, 0.1) is 0 Å². The fraction of sp³-hybridized carbons (Fsp3) is 0.250. The zero-order chi connectivity index (χ0) is 18.9. The number of nitrogens with one attached hydrogen (secondary N) is 2. The molecule has 0 unspecified atom stereocenters. The summed E-state index contributed by atoms with van der Waals surface area (Å²) in [5.74, 6) is -1.40. The van der Waals surface area contributed by atoms with Gasteiger partial charge in [0.1, 0.15) is 0 Å². The third-order valence-corrected chi connectivity index (χ3v) is 3.73. The summed E-state index contributed by atoms with van der Waals surface area (Å²) in [5.41, 5.74) is 2.23. The van der Waals surface area contributed by atoms with Gasteiger partial charge in [0.25, 0.3) is 11.8 Å². The van der Waals surface area contributed by atoms with E-state index in [4.69, 9.17) is 5.11 Å². The van der Waals surface area contributed by atoms with Crippen LogP contribution in [-0.2, 0) is 11.2 Å². The zero-order valence-corrected chi connectivity index (χ0v) is 14.6. The van der Waals surface area contributed by atoms with Gasteiger partial charge >= 0.3 is 5.97 Å². The number of aliphatic carboxylic acids is 1. The predicted molar refractivity (Wildman–Crippen MR) is 99.4 cm³/mol. The normalized spacial score (nSPS) is 10.2. The van der Waals surface area contributed by atoms with Gasteiger partial charge in [-0.3, -0.25) is 14.4 Å². The van der Waals surface area contributed by atoms with E-state index >= 15 is 0 Å². The lowest BCUT2D eigenvalue weighted by Crippen LogP contribution is -2.24. The third kappa shape index (κ3) is 5.73. The standard InChI is InChI=1S/C20H22N2O4/c1-2-11-21-19(25)15-6-4-7-16(13-15)20(26)22-17-8-3-5-14(12-17)9-10-18(23)24/h3-8,12-13H,2,9-11H2,1H3,(H,21,25)(H,22,26)(H,23,24). The van der Waals surface area contributed by atoms with Crippen LogP contribution < -0.4 is 10.6 Å². The quantitative estimate of drug-likeness (QED) is 0.679. The molecule has 6 nitrogen and oxygen atoms in total. The van der Waals surface area contributed by atoms with Crippen LogP contribution in [0.4, 0.5) is 5.69 Å². The van der Waals surface area contributed by atoms with Crippen LogP contribution in [0.5, 0.6) is 0 Å². The Balaban J connectivity index is 2.07. The number of aryl methyl sites for hydroxylation is 1. The molecule has 0 spiro atoms. The lowest BCUT2D eigenvalue weighted by atomic mass is 10.1. The zero-order valence-electron chi connectivity index (χ0n) is 14.6. The van der Waals surface area contributed by atoms with Crippen molar-refractivity contribution in [2.75, 3.05) is 11.9 Å². The first-order valence-electron chi connectivity index (χ1n) is 8.50. The molecule has 0 atom stereocenters. The number of amides is 2. The summed E-state index contributed by atoms with van der Waals surface area (Å²) in [4.78, 5) is 35.1. The lowest BCUT2D eigenvalue weighted by Gasteiger charge is -2.09.